The van der Waals surface area contributed by atoms with Gasteiger partial charge >= 0.3 is 0 Å². The molecular formula is C8H11N5O. The number of rotatable bonds is 2. The molecule has 2 heterocycles. The molecule has 0 saturated carbocycles. The normalized spacial score (nSPS) is 10.8. The maximum absolute atomic E-state index is 9.04. The highest BCUT2D eigenvalue weighted by atomic mass is 16.3. The van der Waals surface area contributed by atoms with Crippen molar-refractivity contribution < 1.29 is 5.11 Å². The Hall–Kier alpha value is -1.69. The lowest BCUT2D eigenvalue weighted by molar-refractivity contribution is 0.273. The number of hydrogen-bond donors (Lipinski definition) is 1. The third-order valence-electron chi connectivity index (χ3n) is 2.00. The molecule has 6 nitrogen and oxygen atoms in total. The minimum absolute atomic E-state index is 0.0820. The van der Waals surface area contributed by atoms with Crippen molar-refractivity contribution in [3.8, 4) is 5.69 Å². The topological polar surface area (TPSA) is 68.8 Å². The van der Waals surface area contributed by atoms with Crippen LogP contribution in [0.15, 0.2) is 12.4 Å². The predicted octanol–water partition coefficient (Wildman–Crippen LogP) is -0.198. The number of nitrogens with zero attached hydrogens (tertiary/aromatic N) is 5. The Bertz CT molecular complexity index is 444. The smallest absolute Gasteiger partial charge is 0.108 e. The molecule has 0 aliphatic rings. The highest BCUT2D eigenvalue weighted by Crippen LogP contribution is 2.12. The molecule has 0 unspecified atom stereocenters. The van der Waals surface area contributed by atoms with Crippen molar-refractivity contribution in [2.75, 3.05) is 0 Å². The highest BCUT2D eigenvalue weighted by Gasteiger charge is 2.10. The van der Waals surface area contributed by atoms with Gasteiger partial charge in [0.2, 0.25) is 0 Å². The lowest BCUT2D eigenvalue weighted by Gasteiger charge is -2.00. The van der Waals surface area contributed by atoms with E-state index in [9.17, 15) is 0 Å². The van der Waals surface area contributed by atoms with Gasteiger partial charge in [-0.2, -0.15) is 5.10 Å². The first-order valence-corrected chi connectivity index (χ1v) is 4.23. The van der Waals surface area contributed by atoms with Crippen LogP contribution in [0, 0.1) is 6.92 Å². The molecule has 0 fully saturated rings. The first-order chi connectivity index (χ1) is 6.72. The van der Waals surface area contributed by atoms with Gasteiger partial charge in [0, 0.05) is 7.05 Å². The SMILES string of the molecule is Cc1nn(C)cc1-n1nncc1CO. The van der Waals surface area contributed by atoms with E-state index in [2.05, 4.69) is 15.4 Å². The van der Waals surface area contributed by atoms with Gasteiger partial charge in [-0.1, -0.05) is 5.21 Å². The van der Waals surface area contributed by atoms with Crippen molar-refractivity contribution in [2.24, 2.45) is 7.05 Å². The minimum Gasteiger partial charge on any atom is -0.390 e. The molecule has 0 aliphatic carbocycles. The van der Waals surface area contributed by atoms with Crippen LogP contribution in [-0.2, 0) is 13.7 Å². The Kier molecular flexibility index (Phi) is 2.05. The fourth-order valence-electron chi connectivity index (χ4n) is 1.36. The first kappa shape index (κ1) is 8.89. The largest absolute Gasteiger partial charge is 0.390 e. The fourth-order valence-corrected chi connectivity index (χ4v) is 1.36. The molecule has 6 heteroatoms. The molecule has 0 spiro atoms. The Morgan fingerprint density at radius 3 is 2.86 bits per heavy atom. The monoisotopic (exact) mass is 193 g/mol. The third-order valence-corrected chi connectivity index (χ3v) is 2.00. The van der Waals surface area contributed by atoms with Crippen molar-refractivity contribution in [3.05, 3.63) is 23.8 Å². The lowest BCUT2D eigenvalue weighted by atomic mass is 10.4. The fraction of sp³-hybridized carbons (Fsp3) is 0.375. The second-order valence-corrected chi connectivity index (χ2v) is 3.07. The molecule has 2 rings (SSSR count). The van der Waals surface area contributed by atoms with E-state index in [-0.39, 0.29) is 6.61 Å². The average molecular weight is 193 g/mol. The molecule has 74 valence electrons. The van der Waals surface area contributed by atoms with Gasteiger partial charge in [-0.25, -0.2) is 4.68 Å². The van der Waals surface area contributed by atoms with Gasteiger partial charge in [-0.15, -0.1) is 5.10 Å². The molecule has 0 bridgehead atoms. The average Bonchev–Trinajstić information content (AvgIpc) is 2.71. The maximum atomic E-state index is 9.04. The maximum Gasteiger partial charge on any atom is 0.108 e. The molecule has 2 aromatic heterocycles. The molecule has 0 radical (unpaired) electrons. The molecule has 1 N–H and O–H groups in total. The standard InChI is InChI=1S/C8H11N5O/c1-6-8(4-12(2)10-6)13-7(5-14)3-9-11-13/h3-4,14H,5H2,1-2H3. The van der Waals surface area contributed by atoms with Crippen LogP contribution in [0.25, 0.3) is 5.69 Å². The van der Waals surface area contributed by atoms with Crippen molar-refractivity contribution in [3.63, 3.8) is 0 Å². The summed E-state index contributed by atoms with van der Waals surface area (Å²) in [7, 11) is 1.84. The molecule has 2 aromatic rings. The summed E-state index contributed by atoms with van der Waals surface area (Å²) in [6.45, 7) is 1.81. The van der Waals surface area contributed by atoms with Gasteiger partial charge < -0.3 is 5.11 Å². The van der Waals surface area contributed by atoms with E-state index >= 15 is 0 Å². The molecule has 0 aromatic carbocycles. The summed E-state index contributed by atoms with van der Waals surface area (Å²) in [5, 5.41) is 20.8. The van der Waals surface area contributed by atoms with E-state index in [1.165, 1.54) is 6.20 Å². The molecule has 14 heavy (non-hydrogen) atoms. The van der Waals surface area contributed by atoms with Crippen LogP contribution < -0.4 is 0 Å². The summed E-state index contributed by atoms with van der Waals surface area (Å²) in [6.07, 6.45) is 3.37. The zero-order valence-corrected chi connectivity index (χ0v) is 8.05. The van der Waals surface area contributed by atoms with E-state index in [0.29, 0.717) is 5.69 Å². The van der Waals surface area contributed by atoms with Gasteiger partial charge in [0.1, 0.15) is 5.69 Å². The third kappa shape index (κ3) is 1.29. The van der Waals surface area contributed by atoms with Gasteiger partial charge in [0.15, 0.2) is 0 Å². The number of aliphatic hydroxyl groups is 1. The van der Waals surface area contributed by atoms with E-state index < -0.39 is 0 Å². The van der Waals surface area contributed by atoms with E-state index in [1.54, 1.807) is 9.36 Å². The van der Waals surface area contributed by atoms with Crippen LogP contribution in [0.5, 0.6) is 0 Å². The van der Waals surface area contributed by atoms with Gasteiger partial charge in [-0.05, 0) is 6.92 Å². The summed E-state index contributed by atoms with van der Waals surface area (Å²) in [4.78, 5) is 0. The van der Waals surface area contributed by atoms with Crippen molar-refractivity contribution in [1.82, 2.24) is 24.8 Å². The summed E-state index contributed by atoms with van der Waals surface area (Å²) in [6, 6.07) is 0. The zero-order valence-electron chi connectivity index (χ0n) is 8.05. The van der Waals surface area contributed by atoms with Gasteiger partial charge in [0.05, 0.1) is 30.4 Å². The van der Waals surface area contributed by atoms with Crippen molar-refractivity contribution >= 4 is 0 Å². The first-order valence-electron chi connectivity index (χ1n) is 4.23. The second kappa shape index (κ2) is 3.22. The zero-order chi connectivity index (χ0) is 10.1. The van der Waals surface area contributed by atoms with Crippen molar-refractivity contribution in [1.29, 1.82) is 0 Å². The number of hydrogen-bond acceptors (Lipinski definition) is 4. The van der Waals surface area contributed by atoms with Crippen LogP contribution >= 0.6 is 0 Å². The number of aryl methyl sites for hydroxylation is 2. The lowest BCUT2D eigenvalue weighted by Crippen LogP contribution is -2.02. The highest BCUT2D eigenvalue weighted by molar-refractivity contribution is 5.33. The number of aromatic nitrogens is 5. The molecule has 0 amide bonds. The summed E-state index contributed by atoms with van der Waals surface area (Å²) in [5.74, 6) is 0. The Morgan fingerprint density at radius 1 is 1.50 bits per heavy atom. The molecule has 0 saturated heterocycles. The van der Waals surface area contributed by atoms with Crippen LogP contribution in [0.2, 0.25) is 0 Å². The quantitative estimate of drug-likeness (QED) is 0.717. The van der Waals surface area contributed by atoms with E-state index in [4.69, 9.17) is 5.11 Å². The Morgan fingerprint density at radius 2 is 2.29 bits per heavy atom. The van der Waals surface area contributed by atoms with Crippen LogP contribution in [-0.4, -0.2) is 29.9 Å². The number of aliphatic hydroxyl groups excluding tert-OH is 1. The Balaban J connectivity index is 2.53. The van der Waals surface area contributed by atoms with E-state index in [0.717, 1.165) is 11.4 Å². The van der Waals surface area contributed by atoms with E-state index in [1.807, 2.05) is 20.2 Å². The summed E-state index contributed by atoms with van der Waals surface area (Å²) in [5.41, 5.74) is 2.35. The molecular weight excluding hydrogens is 182 g/mol. The van der Waals surface area contributed by atoms with Crippen molar-refractivity contribution in [2.45, 2.75) is 13.5 Å². The summed E-state index contributed by atoms with van der Waals surface area (Å²) >= 11 is 0. The predicted molar refractivity (Wildman–Crippen MR) is 48.8 cm³/mol. The van der Waals surface area contributed by atoms with Gasteiger partial charge in [-0.3, -0.25) is 4.68 Å². The molecule has 0 atom stereocenters. The van der Waals surface area contributed by atoms with Gasteiger partial charge in [0.25, 0.3) is 0 Å². The van der Waals surface area contributed by atoms with Crippen LogP contribution in [0.3, 0.4) is 0 Å². The second-order valence-electron chi connectivity index (χ2n) is 3.07. The molecule has 0 aliphatic heterocycles. The van der Waals surface area contributed by atoms with Crippen LogP contribution in [0.4, 0.5) is 0 Å². The Labute approximate surface area is 80.8 Å². The minimum atomic E-state index is -0.0820. The van der Waals surface area contributed by atoms with Crippen LogP contribution in [0.1, 0.15) is 11.4 Å². The summed E-state index contributed by atoms with van der Waals surface area (Å²) < 4.78 is 3.29.